The Morgan fingerprint density at radius 2 is 0.833 bits per heavy atom. The van der Waals surface area contributed by atoms with Crippen LogP contribution in [0, 0.1) is 104 Å². The van der Waals surface area contributed by atoms with Crippen molar-refractivity contribution in [1.29, 1.82) is 0 Å². The lowest BCUT2D eigenvalue weighted by molar-refractivity contribution is -0.218. The van der Waals surface area contributed by atoms with E-state index in [2.05, 4.69) is 67.5 Å². The molecule has 4 heterocycles. The van der Waals surface area contributed by atoms with Crippen molar-refractivity contribution in [3.05, 3.63) is 23.3 Å². The number of hydrogen-bond acceptors (Lipinski definition) is 13. The number of hydrogen-bond donors (Lipinski definition) is 0. The smallest absolute Gasteiger partial charge is 0.310 e. The fraction of sp³-hybridized carbons (Fsp3) is 0.847. The highest BCUT2D eigenvalue weighted by molar-refractivity contribution is 5.91. The molecule has 6 saturated carbocycles. The van der Waals surface area contributed by atoms with E-state index in [1.54, 1.807) is 0 Å². The van der Waals surface area contributed by atoms with Crippen LogP contribution in [0.25, 0.3) is 0 Å². The first kappa shape index (κ1) is 49.7. The summed E-state index contributed by atoms with van der Waals surface area (Å²) in [5.74, 6) is -3.15. The SMILES string of the molecule is CC(C)C1=CC23CCC4C(C)(C(=O)C5(C)CCCC6(C)C5CCC57C=C(C(C)C)C(CC65)C(C(=O)OCC5CO5)C7C(=O)OCC5CO5)CCCC4(C)C2CC1C(C(=O)OCC1CO1)C3C(=O)OCC1CO1. The van der Waals surface area contributed by atoms with Crippen molar-refractivity contribution in [3.8, 4) is 0 Å². The summed E-state index contributed by atoms with van der Waals surface area (Å²) in [6.07, 6.45) is 14.5. The van der Waals surface area contributed by atoms with Crippen molar-refractivity contribution < 1.29 is 61.9 Å². The molecule has 0 aromatic heterocycles. The van der Waals surface area contributed by atoms with Gasteiger partial charge in [0.05, 0.1) is 50.1 Å². The highest BCUT2D eigenvalue weighted by Crippen LogP contribution is 2.77. The number of fused-ring (bicyclic) bond motifs is 4. The number of ketones is 1. The molecule has 4 saturated heterocycles. The van der Waals surface area contributed by atoms with E-state index in [-0.39, 0.29) is 133 Å². The summed E-state index contributed by atoms with van der Waals surface area (Å²) in [4.78, 5) is 75.1. The van der Waals surface area contributed by atoms with Crippen LogP contribution < -0.4 is 0 Å². The number of ether oxygens (including phenoxy) is 8. The lowest BCUT2D eigenvalue weighted by atomic mass is 9.32. The molecular formula is C59H82O13. The van der Waals surface area contributed by atoms with Crippen molar-refractivity contribution in [2.75, 3.05) is 52.9 Å². The molecule has 10 aliphatic carbocycles. The van der Waals surface area contributed by atoms with Gasteiger partial charge in [0, 0.05) is 21.7 Å². The average molecular weight is 999 g/mol. The summed E-state index contributed by atoms with van der Waals surface area (Å²) in [6.45, 7) is 21.4. The van der Waals surface area contributed by atoms with Gasteiger partial charge < -0.3 is 37.9 Å². The molecule has 13 nitrogen and oxygen atoms in total. The van der Waals surface area contributed by atoms with Crippen LogP contribution in [0.15, 0.2) is 23.3 Å². The number of carbonyl (C=O) groups excluding carboxylic acids is 5. The van der Waals surface area contributed by atoms with Gasteiger partial charge in [0.2, 0.25) is 0 Å². The van der Waals surface area contributed by atoms with Gasteiger partial charge in [0.25, 0.3) is 0 Å². The van der Waals surface area contributed by atoms with Gasteiger partial charge in [-0.1, -0.05) is 91.5 Å². The van der Waals surface area contributed by atoms with Crippen molar-refractivity contribution >= 4 is 29.7 Å². The number of esters is 4. The van der Waals surface area contributed by atoms with Crippen LogP contribution in [-0.2, 0) is 61.9 Å². The highest BCUT2D eigenvalue weighted by Gasteiger charge is 2.75. The second-order valence-electron chi connectivity index (χ2n) is 27.0. The molecule has 20 unspecified atom stereocenters. The third-order valence-electron chi connectivity index (χ3n) is 22.7. The summed E-state index contributed by atoms with van der Waals surface area (Å²) < 4.78 is 46.1. The maximum absolute atomic E-state index is 16.6. The fourth-order valence-electron chi connectivity index (χ4n) is 19.5. The third kappa shape index (κ3) is 7.64. The number of epoxide rings is 4. The fourth-order valence-corrected chi connectivity index (χ4v) is 19.5. The second kappa shape index (κ2) is 17.5. The molecule has 14 aliphatic rings. The zero-order chi connectivity index (χ0) is 50.5. The van der Waals surface area contributed by atoms with Gasteiger partial charge in [0.15, 0.2) is 0 Å². The predicted molar refractivity (Wildman–Crippen MR) is 261 cm³/mol. The quantitative estimate of drug-likeness (QED) is 0.0625. The van der Waals surface area contributed by atoms with E-state index in [1.165, 1.54) is 11.1 Å². The molecule has 72 heavy (non-hydrogen) atoms. The van der Waals surface area contributed by atoms with Gasteiger partial charge in [-0.25, -0.2) is 0 Å². The first-order valence-electron chi connectivity index (χ1n) is 28.4. The minimum Gasteiger partial charge on any atom is -0.463 e. The summed E-state index contributed by atoms with van der Waals surface area (Å²) in [5, 5.41) is 0. The van der Waals surface area contributed by atoms with Crippen LogP contribution in [0.5, 0.6) is 0 Å². The van der Waals surface area contributed by atoms with Crippen LogP contribution in [-0.4, -0.2) is 107 Å². The first-order valence-corrected chi connectivity index (χ1v) is 28.4. The van der Waals surface area contributed by atoms with Crippen molar-refractivity contribution in [2.24, 2.45) is 104 Å². The Balaban J connectivity index is 0.868. The molecule has 10 fully saturated rings. The summed E-state index contributed by atoms with van der Waals surface area (Å²) in [6, 6.07) is 0. The van der Waals surface area contributed by atoms with Crippen molar-refractivity contribution in [2.45, 2.75) is 157 Å². The molecule has 0 N–H and O–H groups in total. The van der Waals surface area contributed by atoms with Gasteiger partial charge in [-0.2, -0.15) is 0 Å². The molecule has 0 aromatic rings. The summed E-state index contributed by atoms with van der Waals surface area (Å²) in [5.41, 5.74) is -0.478. The Morgan fingerprint density at radius 1 is 0.500 bits per heavy atom. The predicted octanol–water partition coefficient (Wildman–Crippen LogP) is 8.44. The number of carbonyl (C=O) groups is 5. The van der Waals surface area contributed by atoms with Crippen molar-refractivity contribution in [3.63, 3.8) is 0 Å². The molecule has 14 rings (SSSR count). The summed E-state index contributed by atoms with van der Waals surface area (Å²) >= 11 is 0. The Kier molecular flexibility index (Phi) is 12.1. The number of allylic oxidation sites excluding steroid dienone is 4. The van der Waals surface area contributed by atoms with E-state index in [4.69, 9.17) is 37.9 Å². The largest absolute Gasteiger partial charge is 0.463 e. The molecule has 13 heteroatoms. The Bertz CT molecular complexity index is 2150. The monoisotopic (exact) mass is 999 g/mol. The molecule has 4 aliphatic heterocycles. The Labute approximate surface area is 426 Å². The maximum Gasteiger partial charge on any atom is 0.310 e. The first-order chi connectivity index (χ1) is 34.3. The molecule has 396 valence electrons. The number of Topliss-reactive ketones (excluding diaryl/α,β-unsaturated/α-hetero) is 1. The lowest BCUT2D eigenvalue weighted by Gasteiger charge is -2.71. The molecule has 2 spiro atoms. The molecule has 0 radical (unpaired) electrons. The van der Waals surface area contributed by atoms with Gasteiger partial charge in [-0.15, -0.1) is 0 Å². The van der Waals surface area contributed by atoms with Crippen LogP contribution in [0.3, 0.4) is 0 Å². The Hall–Kier alpha value is -3.13. The maximum atomic E-state index is 16.6. The van der Waals surface area contributed by atoms with E-state index in [0.29, 0.717) is 45.1 Å². The van der Waals surface area contributed by atoms with E-state index in [1.807, 2.05) is 0 Å². The van der Waals surface area contributed by atoms with E-state index < -0.39 is 45.3 Å². The molecular weight excluding hydrogens is 917 g/mol. The average Bonchev–Trinajstić information content (AvgIpc) is 4.14. The zero-order valence-corrected chi connectivity index (χ0v) is 44.3. The molecule has 20 atom stereocenters. The minimum atomic E-state index is -0.684. The highest BCUT2D eigenvalue weighted by atomic mass is 16.6. The van der Waals surface area contributed by atoms with E-state index in [0.717, 1.165) is 64.2 Å². The standard InChI is InChI=1S/C59H82O13/c1-31(2)39-21-58-17-11-41-54(5,43(58)19-37(39)45(49(60)69-27-33-23-65-33)47(58)51(62)71-29-35-25-67-35)13-9-15-56(41,7)53(64)57(8)16-10-14-55(6)42(57)12-18-59-22-40(32(3)4)38(20-44(55)59)46(50(61)70-28-34-24-66-34)48(59)52(63)72-30-36-26-68-36/h21-22,31-38,41-48H,9-20,23-30H2,1-8H3. The lowest BCUT2D eigenvalue weighted by Crippen LogP contribution is -2.69. The zero-order valence-electron chi connectivity index (χ0n) is 44.3. The van der Waals surface area contributed by atoms with E-state index in [9.17, 15) is 19.2 Å². The third-order valence-corrected chi connectivity index (χ3v) is 22.7. The van der Waals surface area contributed by atoms with Crippen LogP contribution in [0.4, 0.5) is 0 Å². The normalized spacial score (nSPS) is 48.7. The second-order valence-corrected chi connectivity index (χ2v) is 27.0. The van der Waals surface area contributed by atoms with E-state index >= 15 is 4.79 Å². The molecule has 4 bridgehead atoms. The van der Waals surface area contributed by atoms with Crippen LogP contribution >= 0.6 is 0 Å². The van der Waals surface area contributed by atoms with Gasteiger partial charge in [-0.05, 0) is 122 Å². The van der Waals surface area contributed by atoms with Crippen LogP contribution in [0.2, 0.25) is 0 Å². The Morgan fingerprint density at radius 3 is 1.15 bits per heavy atom. The minimum absolute atomic E-state index is 0.0764. The van der Waals surface area contributed by atoms with Crippen molar-refractivity contribution in [1.82, 2.24) is 0 Å². The van der Waals surface area contributed by atoms with Gasteiger partial charge in [0.1, 0.15) is 56.6 Å². The van der Waals surface area contributed by atoms with Crippen LogP contribution in [0.1, 0.15) is 132 Å². The van der Waals surface area contributed by atoms with Gasteiger partial charge in [-0.3, -0.25) is 24.0 Å². The van der Waals surface area contributed by atoms with Gasteiger partial charge >= 0.3 is 23.9 Å². The number of rotatable bonds is 16. The summed E-state index contributed by atoms with van der Waals surface area (Å²) in [7, 11) is 0. The molecule has 0 aromatic carbocycles. The topological polar surface area (TPSA) is 172 Å². The molecule has 0 amide bonds.